The highest BCUT2D eigenvalue weighted by molar-refractivity contribution is 5.80. The number of hydrogen-bond acceptors (Lipinski definition) is 3. The number of para-hydroxylation sites is 2. The van der Waals surface area contributed by atoms with Crippen LogP contribution in [0.15, 0.2) is 24.3 Å². The van der Waals surface area contributed by atoms with Gasteiger partial charge in [0.05, 0.1) is 17.0 Å². The van der Waals surface area contributed by atoms with Crippen LogP contribution in [0.1, 0.15) is 32.6 Å². The summed E-state index contributed by atoms with van der Waals surface area (Å²) in [4.78, 5) is 25.3. The molecule has 1 aromatic heterocycles. The second-order valence-electron chi connectivity index (χ2n) is 7.37. The average molecular weight is 326 g/mol. The summed E-state index contributed by atoms with van der Waals surface area (Å²) in [7, 11) is 0. The van der Waals surface area contributed by atoms with Gasteiger partial charge in [0, 0.05) is 26.2 Å². The molecule has 128 valence electrons. The molecule has 1 atom stereocenters. The summed E-state index contributed by atoms with van der Waals surface area (Å²) in [5.41, 5.74) is 2.05. The number of aromatic nitrogens is 2. The molecule has 4 rings (SSSR count). The molecule has 0 bridgehead atoms. The number of rotatable bonds is 2. The van der Waals surface area contributed by atoms with Crippen molar-refractivity contribution in [2.75, 3.05) is 31.1 Å². The summed E-state index contributed by atoms with van der Waals surface area (Å²) in [6.07, 6.45) is 4.34. The highest BCUT2D eigenvalue weighted by Crippen LogP contribution is 2.26. The number of carbonyl (C=O) groups is 1. The fraction of sp³-hybridized carbons (Fsp3) is 0.579. The zero-order valence-electron chi connectivity index (χ0n) is 14.4. The predicted molar refractivity (Wildman–Crippen MR) is 96.0 cm³/mol. The minimum atomic E-state index is 0.111. The molecule has 2 saturated heterocycles. The van der Waals surface area contributed by atoms with E-state index in [1.165, 1.54) is 0 Å². The van der Waals surface area contributed by atoms with Gasteiger partial charge >= 0.3 is 0 Å². The minimum absolute atomic E-state index is 0.111. The van der Waals surface area contributed by atoms with E-state index in [4.69, 9.17) is 4.98 Å². The number of likely N-dealkylation sites (tertiary alicyclic amines) is 1. The quantitative estimate of drug-likeness (QED) is 0.923. The Morgan fingerprint density at radius 1 is 1.17 bits per heavy atom. The van der Waals surface area contributed by atoms with Gasteiger partial charge in [-0.1, -0.05) is 19.1 Å². The molecule has 1 aromatic carbocycles. The van der Waals surface area contributed by atoms with Crippen molar-refractivity contribution in [3.05, 3.63) is 24.3 Å². The number of fused-ring (bicyclic) bond motifs is 1. The van der Waals surface area contributed by atoms with Gasteiger partial charge in [-0.05, 0) is 43.7 Å². The van der Waals surface area contributed by atoms with Crippen molar-refractivity contribution >= 4 is 22.9 Å². The first-order valence-corrected chi connectivity index (χ1v) is 9.19. The van der Waals surface area contributed by atoms with Crippen molar-refractivity contribution in [1.29, 1.82) is 0 Å². The number of aromatic amines is 1. The second-order valence-corrected chi connectivity index (χ2v) is 7.37. The van der Waals surface area contributed by atoms with E-state index in [-0.39, 0.29) is 5.92 Å². The molecular weight excluding hydrogens is 300 g/mol. The summed E-state index contributed by atoms with van der Waals surface area (Å²) in [5, 5.41) is 0. The predicted octanol–water partition coefficient (Wildman–Crippen LogP) is 3.04. The maximum atomic E-state index is 12.9. The van der Waals surface area contributed by atoms with Crippen LogP contribution in [0, 0.1) is 11.8 Å². The molecule has 5 nitrogen and oxygen atoms in total. The van der Waals surface area contributed by atoms with Crippen molar-refractivity contribution in [2.24, 2.45) is 11.8 Å². The number of hydrogen-bond donors (Lipinski definition) is 1. The normalized spacial score (nSPS) is 23.0. The number of nitrogens with one attached hydrogen (secondary N) is 1. The molecule has 3 heterocycles. The van der Waals surface area contributed by atoms with Crippen LogP contribution in [0.2, 0.25) is 0 Å². The van der Waals surface area contributed by atoms with Crippen molar-refractivity contribution in [2.45, 2.75) is 32.6 Å². The lowest BCUT2D eigenvalue weighted by Gasteiger charge is -2.37. The lowest BCUT2D eigenvalue weighted by atomic mass is 9.94. The zero-order chi connectivity index (χ0) is 16.5. The van der Waals surface area contributed by atoms with Crippen LogP contribution in [0.3, 0.4) is 0 Å². The largest absolute Gasteiger partial charge is 0.342 e. The van der Waals surface area contributed by atoms with Crippen LogP contribution in [0.5, 0.6) is 0 Å². The number of benzene rings is 1. The molecule has 2 fully saturated rings. The Morgan fingerprint density at radius 2 is 1.96 bits per heavy atom. The molecule has 0 aliphatic carbocycles. The Morgan fingerprint density at radius 3 is 2.75 bits per heavy atom. The second kappa shape index (κ2) is 6.46. The number of imidazole rings is 1. The van der Waals surface area contributed by atoms with Crippen LogP contribution < -0.4 is 4.90 Å². The maximum absolute atomic E-state index is 12.9. The third-order valence-corrected chi connectivity index (χ3v) is 5.54. The van der Waals surface area contributed by atoms with Gasteiger partial charge in [-0.15, -0.1) is 0 Å². The van der Waals surface area contributed by atoms with E-state index >= 15 is 0 Å². The molecule has 2 aromatic rings. The number of piperidine rings is 2. The molecule has 24 heavy (non-hydrogen) atoms. The number of amides is 1. The topological polar surface area (TPSA) is 52.2 Å². The monoisotopic (exact) mass is 326 g/mol. The van der Waals surface area contributed by atoms with Crippen LogP contribution in [-0.2, 0) is 4.79 Å². The number of anilines is 1. The standard InChI is InChI=1S/C19H26N4O/c1-14-8-11-22(12-9-14)18(24)15-5-4-10-23(13-15)19-20-16-6-2-3-7-17(16)21-19/h2-3,6-7,14-15H,4-5,8-13H2,1H3,(H,20,21). The Bertz CT molecular complexity index is 684. The lowest BCUT2D eigenvalue weighted by Crippen LogP contribution is -2.47. The first kappa shape index (κ1) is 15.5. The molecule has 0 saturated carbocycles. The van der Waals surface area contributed by atoms with Crippen molar-refractivity contribution < 1.29 is 4.79 Å². The Balaban J connectivity index is 1.46. The van der Waals surface area contributed by atoms with Gasteiger partial charge in [0.15, 0.2) is 0 Å². The van der Waals surface area contributed by atoms with Gasteiger partial charge in [0.25, 0.3) is 0 Å². The van der Waals surface area contributed by atoms with E-state index in [0.717, 1.165) is 74.8 Å². The Hall–Kier alpha value is -2.04. The third-order valence-electron chi connectivity index (χ3n) is 5.54. The fourth-order valence-corrected chi connectivity index (χ4v) is 3.95. The molecule has 5 heteroatoms. The molecular formula is C19H26N4O. The van der Waals surface area contributed by atoms with Gasteiger partial charge in [-0.25, -0.2) is 4.98 Å². The van der Waals surface area contributed by atoms with Gasteiger partial charge in [0.1, 0.15) is 0 Å². The van der Waals surface area contributed by atoms with E-state index in [1.54, 1.807) is 0 Å². The Kier molecular flexibility index (Phi) is 4.17. The zero-order valence-corrected chi connectivity index (χ0v) is 14.4. The smallest absolute Gasteiger partial charge is 0.227 e. The number of H-pyrrole nitrogens is 1. The summed E-state index contributed by atoms with van der Waals surface area (Å²) in [5.74, 6) is 2.12. The molecule has 0 spiro atoms. The summed E-state index contributed by atoms with van der Waals surface area (Å²) < 4.78 is 0. The molecule has 1 N–H and O–H groups in total. The first-order valence-electron chi connectivity index (χ1n) is 9.19. The van der Waals surface area contributed by atoms with E-state index in [0.29, 0.717) is 5.91 Å². The van der Waals surface area contributed by atoms with E-state index in [2.05, 4.69) is 21.7 Å². The van der Waals surface area contributed by atoms with Crippen molar-refractivity contribution in [1.82, 2.24) is 14.9 Å². The van der Waals surface area contributed by atoms with E-state index < -0.39 is 0 Å². The van der Waals surface area contributed by atoms with E-state index in [9.17, 15) is 4.79 Å². The molecule has 1 unspecified atom stereocenters. The summed E-state index contributed by atoms with van der Waals surface area (Å²) >= 11 is 0. The van der Waals surface area contributed by atoms with Gasteiger partial charge in [0.2, 0.25) is 11.9 Å². The highest BCUT2D eigenvalue weighted by Gasteiger charge is 2.31. The van der Waals surface area contributed by atoms with Crippen LogP contribution in [0.4, 0.5) is 5.95 Å². The summed E-state index contributed by atoms with van der Waals surface area (Å²) in [6.45, 7) is 5.90. The average Bonchev–Trinajstić information content (AvgIpc) is 3.06. The van der Waals surface area contributed by atoms with Crippen molar-refractivity contribution in [3.63, 3.8) is 0 Å². The maximum Gasteiger partial charge on any atom is 0.227 e. The van der Waals surface area contributed by atoms with Crippen LogP contribution in [0.25, 0.3) is 11.0 Å². The van der Waals surface area contributed by atoms with Crippen molar-refractivity contribution in [3.8, 4) is 0 Å². The van der Waals surface area contributed by atoms with Crippen LogP contribution >= 0.6 is 0 Å². The molecule has 0 radical (unpaired) electrons. The SMILES string of the molecule is CC1CCN(C(=O)C2CCCN(c3nc4ccccc4[nH]3)C2)CC1. The highest BCUT2D eigenvalue weighted by atomic mass is 16.2. The van der Waals surface area contributed by atoms with Gasteiger partial charge in [-0.3, -0.25) is 4.79 Å². The third kappa shape index (κ3) is 2.99. The van der Waals surface area contributed by atoms with Gasteiger partial charge in [-0.2, -0.15) is 0 Å². The number of carbonyl (C=O) groups excluding carboxylic acids is 1. The lowest BCUT2D eigenvalue weighted by molar-refractivity contribution is -0.137. The van der Waals surface area contributed by atoms with Crippen LogP contribution in [-0.4, -0.2) is 47.0 Å². The summed E-state index contributed by atoms with van der Waals surface area (Å²) in [6, 6.07) is 8.10. The van der Waals surface area contributed by atoms with E-state index in [1.807, 2.05) is 24.3 Å². The molecule has 1 amide bonds. The number of nitrogens with zero attached hydrogens (tertiary/aromatic N) is 3. The molecule has 2 aliphatic rings. The van der Waals surface area contributed by atoms with Gasteiger partial charge < -0.3 is 14.8 Å². The Labute approximate surface area is 143 Å². The minimum Gasteiger partial charge on any atom is -0.342 e. The molecule has 2 aliphatic heterocycles. The first-order chi connectivity index (χ1) is 11.7. The fourth-order valence-electron chi connectivity index (χ4n) is 3.95.